The molecule has 0 aliphatic carbocycles. The van der Waals surface area contributed by atoms with Crippen LogP contribution in [-0.2, 0) is 0 Å². The molecule has 3 aromatic carbocycles. The minimum absolute atomic E-state index is 0.00402. The van der Waals surface area contributed by atoms with Gasteiger partial charge in [-0.1, -0.05) is 65.7 Å². The van der Waals surface area contributed by atoms with Crippen molar-refractivity contribution in [1.29, 1.82) is 0 Å². The third kappa shape index (κ3) is 2.16. The zero-order valence-corrected chi connectivity index (χ0v) is 11.4. The molecule has 0 aromatic heterocycles. The summed E-state index contributed by atoms with van der Waals surface area (Å²) in [5.74, 6) is -0.00402. The topological polar surface area (TPSA) is 20.2 Å². The largest absolute Gasteiger partial charge is 0.506 e. The molecule has 0 saturated heterocycles. The molecule has 0 saturated carbocycles. The van der Waals surface area contributed by atoms with Gasteiger partial charge in [0.2, 0.25) is 0 Å². The molecule has 0 heterocycles. The van der Waals surface area contributed by atoms with Crippen LogP contribution >= 0.6 is 23.2 Å². The van der Waals surface area contributed by atoms with E-state index in [1.54, 1.807) is 6.07 Å². The summed E-state index contributed by atoms with van der Waals surface area (Å²) >= 11 is 12.2. The normalized spacial score (nSPS) is 10.8. The van der Waals surface area contributed by atoms with E-state index in [4.69, 9.17) is 23.2 Å². The zero-order valence-electron chi connectivity index (χ0n) is 9.90. The maximum absolute atomic E-state index is 9.57. The highest BCUT2D eigenvalue weighted by Gasteiger charge is 2.10. The molecular weight excluding hydrogens is 279 g/mol. The number of halogens is 2. The average Bonchev–Trinajstić information content (AvgIpc) is 2.42. The van der Waals surface area contributed by atoms with Crippen molar-refractivity contribution in [2.75, 3.05) is 0 Å². The predicted molar refractivity (Wildman–Crippen MR) is 81.1 cm³/mol. The van der Waals surface area contributed by atoms with Crippen LogP contribution in [0.25, 0.3) is 21.9 Å². The molecule has 0 atom stereocenters. The third-order valence-corrected chi connectivity index (χ3v) is 3.73. The quantitative estimate of drug-likeness (QED) is 0.625. The molecule has 0 fully saturated rings. The van der Waals surface area contributed by atoms with E-state index >= 15 is 0 Å². The van der Waals surface area contributed by atoms with Crippen molar-refractivity contribution in [2.24, 2.45) is 0 Å². The fourth-order valence-corrected chi connectivity index (χ4v) is 2.63. The number of phenolic OH excluding ortho intramolecular Hbond substituents is 1. The second-order valence-electron chi connectivity index (χ2n) is 4.31. The Bertz CT molecular complexity index is 761. The van der Waals surface area contributed by atoms with E-state index in [2.05, 4.69) is 12.1 Å². The lowest BCUT2D eigenvalue weighted by atomic mass is 9.98. The van der Waals surface area contributed by atoms with Crippen LogP contribution in [0.3, 0.4) is 0 Å². The first-order chi connectivity index (χ1) is 9.16. The minimum atomic E-state index is -0.00402. The summed E-state index contributed by atoms with van der Waals surface area (Å²) in [6.45, 7) is 0. The maximum Gasteiger partial charge on any atom is 0.135 e. The van der Waals surface area contributed by atoms with Crippen LogP contribution in [0.1, 0.15) is 0 Å². The van der Waals surface area contributed by atoms with Crippen LogP contribution in [0.5, 0.6) is 5.75 Å². The van der Waals surface area contributed by atoms with Crippen LogP contribution in [0.4, 0.5) is 0 Å². The van der Waals surface area contributed by atoms with Gasteiger partial charge >= 0.3 is 0 Å². The summed E-state index contributed by atoms with van der Waals surface area (Å²) in [4.78, 5) is 0. The van der Waals surface area contributed by atoms with E-state index in [1.807, 2.05) is 30.3 Å². The highest BCUT2D eigenvalue weighted by atomic mass is 35.5. The molecule has 0 bridgehead atoms. The van der Waals surface area contributed by atoms with Crippen LogP contribution in [0.15, 0.2) is 54.6 Å². The second kappa shape index (κ2) is 4.76. The van der Waals surface area contributed by atoms with Crippen molar-refractivity contribution in [3.05, 3.63) is 64.6 Å². The Morgan fingerprint density at radius 3 is 2.32 bits per heavy atom. The zero-order chi connectivity index (χ0) is 13.4. The van der Waals surface area contributed by atoms with Gasteiger partial charge in [-0.15, -0.1) is 0 Å². The lowest BCUT2D eigenvalue weighted by Gasteiger charge is -2.10. The summed E-state index contributed by atoms with van der Waals surface area (Å²) in [7, 11) is 0. The van der Waals surface area contributed by atoms with E-state index in [0.29, 0.717) is 10.0 Å². The molecule has 3 heteroatoms. The molecular formula is C16H10Cl2O. The van der Waals surface area contributed by atoms with E-state index in [1.165, 1.54) is 6.07 Å². The summed E-state index contributed by atoms with van der Waals surface area (Å²) in [6, 6.07) is 17.3. The average molecular weight is 289 g/mol. The summed E-state index contributed by atoms with van der Waals surface area (Å²) in [5, 5.41) is 12.6. The van der Waals surface area contributed by atoms with E-state index < -0.39 is 0 Å². The van der Waals surface area contributed by atoms with Crippen molar-refractivity contribution in [2.45, 2.75) is 0 Å². The number of benzene rings is 3. The SMILES string of the molecule is Oc1cc(Cl)c(-c2cccc3ccccc23)cc1Cl. The van der Waals surface area contributed by atoms with Gasteiger partial charge in [0.05, 0.1) is 10.0 Å². The fraction of sp³-hybridized carbons (Fsp3) is 0. The lowest BCUT2D eigenvalue weighted by Crippen LogP contribution is -1.83. The van der Waals surface area contributed by atoms with Gasteiger partial charge in [-0.2, -0.15) is 0 Å². The van der Waals surface area contributed by atoms with Gasteiger partial charge in [-0.3, -0.25) is 0 Å². The van der Waals surface area contributed by atoms with Gasteiger partial charge in [0.25, 0.3) is 0 Å². The number of phenols is 1. The highest BCUT2D eigenvalue weighted by Crippen LogP contribution is 2.38. The van der Waals surface area contributed by atoms with Crippen molar-refractivity contribution >= 4 is 34.0 Å². The molecule has 94 valence electrons. The van der Waals surface area contributed by atoms with Crippen LogP contribution in [0, 0.1) is 0 Å². The minimum Gasteiger partial charge on any atom is -0.506 e. The van der Waals surface area contributed by atoms with E-state index in [0.717, 1.165) is 21.9 Å². The lowest BCUT2D eigenvalue weighted by molar-refractivity contribution is 0.475. The summed E-state index contributed by atoms with van der Waals surface area (Å²) in [6.07, 6.45) is 0. The molecule has 0 spiro atoms. The van der Waals surface area contributed by atoms with Gasteiger partial charge < -0.3 is 5.11 Å². The number of hydrogen-bond donors (Lipinski definition) is 1. The van der Waals surface area contributed by atoms with Crippen LogP contribution < -0.4 is 0 Å². The van der Waals surface area contributed by atoms with Crippen molar-refractivity contribution in [3.8, 4) is 16.9 Å². The van der Waals surface area contributed by atoms with Gasteiger partial charge in [0.1, 0.15) is 5.75 Å². The Kier molecular flexibility index (Phi) is 3.09. The fourth-order valence-electron chi connectivity index (χ4n) is 2.20. The molecule has 19 heavy (non-hydrogen) atoms. The van der Waals surface area contributed by atoms with Gasteiger partial charge in [-0.25, -0.2) is 0 Å². The first-order valence-corrected chi connectivity index (χ1v) is 6.58. The van der Waals surface area contributed by atoms with E-state index in [9.17, 15) is 5.11 Å². The molecule has 0 amide bonds. The molecule has 0 aliphatic rings. The molecule has 0 unspecified atom stereocenters. The Hall–Kier alpha value is -1.70. The monoisotopic (exact) mass is 288 g/mol. The number of rotatable bonds is 1. The molecule has 0 radical (unpaired) electrons. The van der Waals surface area contributed by atoms with Crippen LogP contribution in [-0.4, -0.2) is 5.11 Å². The number of aromatic hydroxyl groups is 1. The van der Waals surface area contributed by atoms with Gasteiger partial charge in [-0.05, 0) is 22.4 Å². The first kappa shape index (κ1) is 12.3. The molecule has 1 N–H and O–H groups in total. The molecule has 0 aliphatic heterocycles. The summed E-state index contributed by atoms with van der Waals surface area (Å²) < 4.78 is 0. The van der Waals surface area contributed by atoms with Crippen molar-refractivity contribution in [1.82, 2.24) is 0 Å². The van der Waals surface area contributed by atoms with E-state index in [-0.39, 0.29) is 5.75 Å². The van der Waals surface area contributed by atoms with Gasteiger partial charge in [0.15, 0.2) is 0 Å². The van der Waals surface area contributed by atoms with Crippen molar-refractivity contribution in [3.63, 3.8) is 0 Å². The highest BCUT2D eigenvalue weighted by molar-refractivity contribution is 6.36. The third-order valence-electron chi connectivity index (χ3n) is 3.12. The Balaban J connectivity index is 2.33. The second-order valence-corrected chi connectivity index (χ2v) is 5.12. The Morgan fingerprint density at radius 2 is 1.47 bits per heavy atom. The number of fused-ring (bicyclic) bond motifs is 1. The van der Waals surface area contributed by atoms with Crippen LogP contribution in [0.2, 0.25) is 10.0 Å². The molecule has 3 rings (SSSR count). The Morgan fingerprint density at radius 1 is 0.737 bits per heavy atom. The predicted octanol–water partition coefficient (Wildman–Crippen LogP) is 5.52. The molecule has 1 nitrogen and oxygen atoms in total. The maximum atomic E-state index is 9.57. The first-order valence-electron chi connectivity index (χ1n) is 5.83. The number of hydrogen-bond acceptors (Lipinski definition) is 1. The van der Waals surface area contributed by atoms with Gasteiger partial charge in [0, 0.05) is 11.6 Å². The van der Waals surface area contributed by atoms with Crippen molar-refractivity contribution < 1.29 is 5.11 Å². The molecule has 3 aromatic rings. The smallest absolute Gasteiger partial charge is 0.135 e. The Labute approximate surface area is 121 Å². The summed E-state index contributed by atoms with van der Waals surface area (Å²) in [5.41, 5.74) is 1.83. The standard InChI is InChI=1S/C16H10Cl2O/c17-14-9-16(19)15(18)8-13(14)12-7-3-5-10-4-1-2-6-11(10)12/h1-9,19H.